The second-order valence-electron chi connectivity index (χ2n) is 15.4. The zero-order valence-corrected chi connectivity index (χ0v) is 36.8. The van der Waals surface area contributed by atoms with Crippen LogP contribution in [0.2, 0.25) is 0 Å². The Morgan fingerprint density at radius 3 is 1.43 bits per heavy atom. The summed E-state index contributed by atoms with van der Waals surface area (Å²) in [6, 6.07) is 0. The van der Waals surface area contributed by atoms with E-state index in [2.05, 4.69) is 38.2 Å². The summed E-state index contributed by atoms with van der Waals surface area (Å²) in [6.45, 7) is 2.35. The Labute approximate surface area is 342 Å². The third kappa shape index (κ3) is 40.6. The van der Waals surface area contributed by atoms with E-state index in [4.69, 9.17) is 23.6 Å². The van der Waals surface area contributed by atoms with Gasteiger partial charge in [-0.25, -0.2) is 4.57 Å². The van der Waals surface area contributed by atoms with E-state index in [0.717, 1.165) is 64.2 Å². The number of ether oxygens (including phenoxy) is 2. The lowest BCUT2D eigenvalue weighted by Crippen LogP contribution is -2.29. The van der Waals surface area contributed by atoms with E-state index in [0.29, 0.717) is 12.8 Å². The van der Waals surface area contributed by atoms with Crippen molar-refractivity contribution in [2.45, 2.75) is 225 Å². The molecule has 0 aliphatic carbocycles. The van der Waals surface area contributed by atoms with Crippen LogP contribution in [0, 0.1) is 0 Å². The maximum Gasteiger partial charge on any atom is 0.472 e. The van der Waals surface area contributed by atoms with E-state index in [-0.39, 0.29) is 19.4 Å². The Kier molecular flexibility index (Phi) is 40.5. The third-order valence-corrected chi connectivity index (χ3v) is 10.8. The second-order valence-corrected chi connectivity index (χ2v) is 16.9. The van der Waals surface area contributed by atoms with Crippen molar-refractivity contribution in [2.24, 2.45) is 0 Å². The Bertz CT molecular complexity index is 988. The molecule has 0 aromatic carbocycles. The van der Waals surface area contributed by atoms with Crippen LogP contribution in [-0.4, -0.2) is 65.7 Å². The fourth-order valence-corrected chi connectivity index (χ4v) is 7.09. The highest BCUT2D eigenvalue weighted by atomic mass is 31.2. The average Bonchev–Trinajstić information content (AvgIpc) is 3.19. The van der Waals surface area contributed by atoms with E-state index >= 15 is 0 Å². The van der Waals surface area contributed by atoms with Gasteiger partial charge in [-0.05, 0) is 38.5 Å². The van der Waals surface area contributed by atoms with Crippen LogP contribution in [0.3, 0.4) is 0 Å². The lowest BCUT2D eigenvalue weighted by molar-refractivity contribution is -0.161. The maximum absolute atomic E-state index is 12.6. The molecule has 11 heteroatoms. The summed E-state index contributed by atoms with van der Waals surface area (Å²) in [7, 11) is -4.62. The molecule has 0 aliphatic rings. The lowest BCUT2D eigenvalue weighted by atomic mass is 10.0. The Balaban J connectivity index is 4.23. The highest BCUT2D eigenvalue weighted by molar-refractivity contribution is 7.47. The molecule has 1 unspecified atom stereocenters. The summed E-state index contributed by atoms with van der Waals surface area (Å²) in [5.41, 5.74) is 0. The van der Waals surface area contributed by atoms with Gasteiger partial charge in [-0.2, -0.15) is 0 Å². The van der Waals surface area contributed by atoms with E-state index in [1.807, 2.05) is 0 Å². The molecular weight excluding hydrogens is 731 g/mol. The fraction of sp³-hybridized carbons (Fsp3) is 0.867. The SMILES string of the molecule is CCCC/C=C/C/C=C/CCCCCCCC(=O)OC[C@H](COP(=O)(O)OC[C@@H](O)CO)OC(=O)CCCCCCCCCCCCCCCCCCCCC. The molecule has 56 heavy (non-hydrogen) atoms. The number of unbranched alkanes of at least 4 members (excludes halogenated alkanes) is 25. The number of esters is 2. The van der Waals surface area contributed by atoms with Crippen LogP contribution < -0.4 is 0 Å². The number of carbonyl (C=O) groups is 2. The zero-order valence-electron chi connectivity index (χ0n) is 35.9. The molecule has 0 rings (SSSR count). The third-order valence-electron chi connectivity index (χ3n) is 9.86. The van der Waals surface area contributed by atoms with Crippen molar-refractivity contribution in [3.8, 4) is 0 Å². The minimum Gasteiger partial charge on any atom is -0.462 e. The molecule has 0 bridgehead atoms. The molecule has 3 atom stereocenters. The van der Waals surface area contributed by atoms with Crippen molar-refractivity contribution in [2.75, 3.05) is 26.4 Å². The van der Waals surface area contributed by atoms with Gasteiger partial charge in [0.25, 0.3) is 0 Å². The first-order chi connectivity index (χ1) is 27.2. The lowest BCUT2D eigenvalue weighted by Gasteiger charge is -2.20. The summed E-state index contributed by atoms with van der Waals surface area (Å²) in [4.78, 5) is 35.0. The van der Waals surface area contributed by atoms with E-state index in [1.165, 1.54) is 109 Å². The van der Waals surface area contributed by atoms with Gasteiger partial charge >= 0.3 is 19.8 Å². The van der Waals surface area contributed by atoms with Gasteiger partial charge in [0.15, 0.2) is 6.10 Å². The number of phosphoric acid groups is 1. The monoisotopic (exact) mass is 817 g/mol. The summed E-state index contributed by atoms with van der Waals surface area (Å²) < 4.78 is 32.7. The standard InChI is InChI=1S/C45H85O10P/c1-3-5-7-9-11-13-15-17-19-20-21-22-23-25-27-29-31-33-35-37-45(49)55-43(41-54-56(50,51)53-39-42(47)38-46)40-52-44(48)36-34-32-30-28-26-24-18-16-14-12-10-8-6-4-2/h10,12,16,18,42-43,46-47H,3-9,11,13-15,17,19-41H2,1-2H3,(H,50,51)/b12-10+,18-16+/t42-,43+/m0/s1. The number of hydrogen-bond acceptors (Lipinski definition) is 9. The number of hydrogen-bond donors (Lipinski definition) is 3. The first-order valence-electron chi connectivity index (χ1n) is 22.8. The first-order valence-corrected chi connectivity index (χ1v) is 24.3. The van der Waals surface area contributed by atoms with Crippen LogP contribution in [0.5, 0.6) is 0 Å². The molecule has 0 amide bonds. The largest absolute Gasteiger partial charge is 0.472 e. The highest BCUT2D eigenvalue weighted by Crippen LogP contribution is 2.43. The molecular formula is C45H85O10P. The predicted octanol–water partition coefficient (Wildman–Crippen LogP) is 12.2. The van der Waals surface area contributed by atoms with Gasteiger partial charge in [0.1, 0.15) is 12.7 Å². The van der Waals surface area contributed by atoms with Crippen LogP contribution in [0.25, 0.3) is 0 Å². The van der Waals surface area contributed by atoms with Crippen LogP contribution in [0.1, 0.15) is 213 Å². The highest BCUT2D eigenvalue weighted by Gasteiger charge is 2.27. The molecule has 0 saturated carbocycles. The van der Waals surface area contributed by atoms with Gasteiger partial charge in [-0.15, -0.1) is 0 Å². The summed E-state index contributed by atoms with van der Waals surface area (Å²) in [5, 5.41) is 18.3. The zero-order chi connectivity index (χ0) is 41.2. The molecule has 0 aromatic rings. The number of phosphoric ester groups is 1. The average molecular weight is 817 g/mol. The Morgan fingerprint density at radius 1 is 0.536 bits per heavy atom. The quantitative estimate of drug-likeness (QED) is 0.0235. The molecule has 0 aliphatic heterocycles. The minimum atomic E-state index is -4.62. The summed E-state index contributed by atoms with van der Waals surface area (Å²) in [5.74, 6) is -0.932. The van der Waals surface area contributed by atoms with Crippen molar-refractivity contribution < 1.29 is 47.8 Å². The van der Waals surface area contributed by atoms with Gasteiger partial charge in [-0.3, -0.25) is 18.6 Å². The topological polar surface area (TPSA) is 149 Å². The van der Waals surface area contributed by atoms with Crippen molar-refractivity contribution in [1.82, 2.24) is 0 Å². The van der Waals surface area contributed by atoms with Gasteiger partial charge < -0.3 is 24.6 Å². The van der Waals surface area contributed by atoms with Crippen molar-refractivity contribution >= 4 is 19.8 Å². The summed E-state index contributed by atoms with van der Waals surface area (Å²) in [6.07, 6.45) is 41.4. The van der Waals surface area contributed by atoms with Crippen molar-refractivity contribution in [3.05, 3.63) is 24.3 Å². The molecule has 0 heterocycles. The van der Waals surface area contributed by atoms with Gasteiger partial charge in [0.05, 0.1) is 19.8 Å². The maximum atomic E-state index is 12.6. The van der Waals surface area contributed by atoms with Crippen molar-refractivity contribution in [1.29, 1.82) is 0 Å². The fourth-order valence-electron chi connectivity index (χ4n) is 6.30. The second kappa shape index (κ2) is 41.6. The molecule has 0 aromatic heterocycles. The predicted molar refractivity (Wildman–Crippen MR) is 228 cm³/mol. The van der Waals surface area contributed by atoms with Crippen LogP contribution in [0.4, 0.5) is 0 Å². The van der Waals surface area contributed by atoms with Gasteiger partial charge in [0, 0.05) is 12.8 Å². The number of aliphatic hydroxyl groups excluding tert-OH is 2. The smallest absolute Gasteiger partial charge is 0.462 e. The van der Waals surface area contributed by atoms with E-state index in [1.54, 1.807) is 0 Å². The number of aliphatic hydroxyl groups is 2. The molecule has 0 spiro atoms. The number of carbonyl (C=O) groups excluding carboxylic acids is 2. The van der Waals surface area contributed by atoms with Crippen LogP contribution >= 0.6 is 7.82 Å². The van der Waals surface area contributed by atoms with Crippen LogP contribution in [0.15, 0.2) is 24.3 Å². The molecule has 10 nitrogen and oxygen atoms in total. The Morgan fingerprint density at radius 2 is 0.946 bits per heavy atom. The molecule has 0 radical (unpaired) electrons. The van der Waals surface area contributed by atoms with Gasteiger partial charge in [0.2, 0.25) is 0 Å². The number of allylic oxidation sites excluding steroid dienone is 4. The molecule has 0 saturated heterocycles. The minimum absolute atomic E-state index is 0.186. The Hall–Kier alpha value is -1.55. The van der Waals surface area contributed by atoms with Crippen molar-refractivity contribution in [3.63, 3.8) is 0 Å². The molecule has 0 fully saturated rings. The summed E-state index contributed by atoms with van der Waals surface area (Å²) >= 11 is 0. The molecule has 330 valence electrons. The van der Waals surface area contributed by atoms with E-state index < -0.39 is 51.8 Å². The van der Waals surface area contributed by atoms with Gasteiger partial charge in [-0.1, -0.05) is 186 Å². The first kappa shape index (κ1) is 54.5. The number of rotatable bonds is 43. The normalized spacial score (nSPS) is 14.0. The van der Waals surface area contributed by atoms with E-state index in [9.17, 15) is 24.2 Å². The molecule has 3 N–H and O–H groups in total. The van der Waals surface area contributed by atoms with Crippen LogP contribution in [-0.2, 0) is 32.7 Å².